The highest BCUT2D eigenvalue weighted by atomic mass is 16.2. The summed E-state index contributed by atoms with van der Waals surface area (Å²) < 4.78 is 0. The lowest BCUT2D eigenvalue weighted by Gasteiger charge is -2.34. The molecule has 1 aromatic carbocycles. The molecule has 1 unspecified atom stereocenters. The SMILES string of the molecule is CC1CCCCN1/C=C(/C#N)C(=O)N1CCC(Cc2ccccc2)CC1. The molecule has 2 heterocycles. The normalized spacial score (nSPS) is 22.2. The van der Waals surface area contributed by atoms with E-state index < -0.39 is 0 Å². The second-order valence-corrected chi connectivity index (χ2v) is 7.66. The number of benzene rings is 1. The predicted octanol–water partition coefficient (Wildman–Crippen LogP) is 3.75. The van der Waals surface area contributed by atoms with Crippen LogP contribution in [0, 0.1) is 17.2 Å². The zero-order valence-electron chi connectivity index (χ0n) is 15.7. The number of hydrogen-bond donors (Lipinski definition) is 0. The van der Waals surface area contributed by atoms with Gasteiger partial charge in [0.15, 0.2) is 0 Å². The first kappa shape index (κ1) is 18.5. The summed E-state index contributed by atoms with van der Waals surface area (Å²) in [6.07, 6.45) is 8.42. The van der Waals surface area contributed by atoms with Crippen LogP contribution in [0.1, 0.15) is 44.6 Å². The molecule has 0 bridgehead atoms. The van der Waals surface area contributed by atoms with Crippen molar-refractivity contribution in [2.45, 2.75) is 51.5 Å². The summed E-state index contributed by atoms with van der Waals surface area (Å²) in [5.41, 5.74) is 1.66. The fraction of sp³-hybridized carbons (Fsp3) is 0.545. The van der Waals surface area contributed by atoms with Gasteiger partial charge in [-0.05, 0) is 56.9 Å². The second kappa shape index (κ2) is 8.89. The van der Waals surface area contributed by atoms with Crippen molar-refractivity contribution in [1.29, 1.82) is 5.26 Å². The number of carbonyl (C=O) groups excluding carboxylic acids is 1. The zero-order valence-corrected chi connectivity index (χ0v) is 15.7. The Labute approximate surface area is 157 Å². The molecule has 3 rings (SSSR count). The maximum Gasteiger partial charge on any atom is 0.266 e. The van der Waals surface area contributed by atoms with Gasteiger partial charge in [-0.3, -0.25) is 4.79 Å². The molecule has 138 valence electrons. The van der Waals surface area contributed by atoms with Crippen LogP contribution >= 0.6 is 0 Å². The Kier molecular flexibility index (Phi) is 6.33. The number of carbonyl (C=O) groups is 1. The van der Waals surface area contributed by atoms with Gasteiger partial charge in [0.25, 0.3) is 5.91 Å². The van der Waals surface area contributed by atoms with Gasteiger partial charge >= 0.3 is 0 Å². The Morgan fingerprint density at radius 2 is 1.88 bits per heavy atom. The third kappa shape index (κ3) is 4.66. The van der Waals surface area contributed by atoms with Crippen molar-refractivity contribution in [3.8, 4) is 6.07 Å². The minimum atomic E-state index is -0.0940. The van der Waals surface area contributed by atoms with Crippen molar-refractivity contribution in [1.82, 2.24) is 9.80 Å². The molecule has 26 heavy (non-hydrogen) atoms. The number of rotatable bonds is 4. The van der Waals surface area contributed by atoms with Crippen LogP contribution in [-0.2, 0) is 11.2 Å². The topological polar surface area (TPSA) is 47.3 Å². The van der Waals surface area contributed by atoms with E-state index in [-0.39, 0.29) is 5.91 Å². The third-order valence-corrected chi connectivity index (χ3v) is 5.77. The molecule has 1 aromatic rings. The fourth-order valence-electron chi connectivity index (χ4n) is 4.07. The van der Waals surface area contributed by atoms with Gasteiger partial charge in [-0.15, -0.1) is 0 Å². The van der Waals surface area contributed by atoms with E-state index in [9.17, 15) is 10.1 Å². The van der Waals surface area contributed by atoms with Crippen LogP contribution in [0.4, 0.5) is 0 Å². The minimum Gasteiger partial charge on any atom is -0.373 e. The van der Waals surface area contributed by atoms with Crippen molar-refractivity contribution >= 4 is 5.91 Å². The second-order valence-electron chi connectivity index (χ2n) is 7.66. The van der Waals surface area contributed by atoms with Crippen LogP contribution in [0.15, 0.2) is 42.1 Å². The molecule has 4 nitrogen and oxygen atoms in total. The molecule has 0 aliphatic carbocycles. The van der Waals surface area contributed by atoms with E-state index in [2.05, 4.69) is 42.2 Å². The van der Waals surface area contributed by atoms with Crippen LogP contribution < -0.4 is 0 Å². The van der Waals surface area contributed by atoms with Crippen LogP contribution in [-0.4, -0.2) is 41.4 Å². The highest BCUT2D eigenvalue weighted by Gasteiger charge is 2.26. The summed E-state index contributed by atoms with van der Waals surface area (Å²) in [6.45, 7) is 4.62. The molecule has 0 saturated carbocycles. The summed E-state index contributed by atoms with van der Waals surface area (Å²) in [4.78, 5) is 16.8. The van der Waals surface area contributed by atoms with E-state index in [4.69, 9.17) is 0 Å². The lowest BCUT2D eigenvalue weighted by atomic mass is 9.90. The molecule has 0 aromatic heterocycles. The smallest absolute Gasteiger partial charge is 0.266 e. The molecule has 2 fully saturated rings. The molecule has 2 aliphatic heterocycles. The lowest BCUT2D eigenvalue weighted by Crippen LogP contribution is -2.40. The lowest BCUT2D eigenvalue weighted by molar-refractivity contribution is -0.128. The van der Waals surface area contributed by atoms with Gasteiger partial charge in [-0.2, -0.15) is 5.26 Å². The van der Waals surface area contributed by atoms with Crippen LogP contribution in [0.3, 0.4) is 0 Å². The van der Waals surface area contributed by atoms with E-state index >= 15 is 0 Å². The van der Waals surface area contributed by atoms with Crippen molar-refractivity contribution < 1.29 is 4.79 Å². The van der Waals surface area contributed by atoms with Gasteiger partial charge < -0.3 is 9.80 Å². The van der Waals surface area contributed by atoms with Crippen LogP contribution in [0.25, 0.3) is 0 Å². The molecule has 2 aliphatic rings. The maximum atomic E-state index is 12.8. The Balaban J connectivity index is 1.56. The van der Waals surface area contributed by atoms with Gasteiger partial charge in [-0.1, -0.05) is 30.3 Å². The van der Waals surface area contributed by atoms with Crippen LogP contribution in [0.5, 0.6) is 0 Å². The number of nitriles is 1. The van der Waals surface area contributed by atoms with Gasteiger partial charge in [0.1, 0.15) is 11.6 Å². The van der Waals surface area contributed by atoms with Gasteiger partial charge in [0.2, 0.25) is 0 Å². The molecule has 0 radical (unpaired) electrons. The van der Waals surface area contributed by atoms with Crippen molar-refractivity contribution in [3.63, 3.8) is 0 Å². The Morgan fingerprint density at radius 3 is 2.54 bits per heavy atom. The minimum absolute atomic E-state index is 0.0940. The molecule has 0 N–H and O–H groups in total. The molecular weight excluding hydrogens is 322 g/mol. The monoisotopic (exact) mass is 351 g/mol. The summed E-state index contributed by atoms with van der Waals surface area (Å²) >= 11 is 0. The molecular formula is C22H29N3O. The summed E-state index contributed by atoms with van der Waals surface area (Å²) in [7, 11) is 0. The van der Waals surface area contributed by atoms with Crippen molar-refractivity contribution in [3.05, 3.63) is 47.7 Å². The standard InChI is InChI=1S/C22H29N3O/c1-18-7-5-6-12-25(18)17-21(16-23)22(26)24-13-10-20(11-14-24)15-19-8-3-2-4-9-19/h2-4,8-9,17-18,20H,5-7,10-15H2,1H3/b21-17-. The number of hydrogen-bond acceptors (Lipinski definition) is 3. The largest absolute Gasteiger partial charge is 0.373 e. The quantitative estimate of drug-likeness (QED) is 0.613. The first-order valence-electron chi connectivity index (χ1n) is 9.88. The Morgan fingerprint density at radius 1 is 1.15 bits per heavy atom. The summed E-state index contributed by atoms with van der Waals surface area (Å²) in [5.74, 6) is 0.529. The molecule has 1 atom stereocenters. The number of piperidine rings is 2. The average molecular weight is 351 g/mol. The van der Waals surface area contributed by atoms with E-state index in [1.54, 1.807) is 0 Å². The zero-order chi connectivity index (χ0) is 18.4. The van der Waals surface area contributed by atoms with Crippen molar-refractivity contribution in [2.75, 3.05) is 19.6 Å². The first-order chi connectivity index (χ1) is 12.7. The predicted molar refractivity (Wildman–Crippen MR) is 103 cm³/mol. The summed E-state index contributed by atoms with van der Waals surface area (Å²) in [5, 5.41) is 9.50. The summed E-state index contributed by atoms with van der Waals surface area (Å²) in [6, 6.07) is 13.1. The van der Waals surface area contributed by atoms with E-state index in [1.807, 2.05) is 17.2 Å². The number of nitrogens with zero attached hydrogens (tertiary/aromatic N) is 3. The third-order valence-electron chi connectivity index (χ3n) is 5.77. The van der Waals surface area contributed by atoms with E-state index in [1.165, 1.54) is 12.0 Å². The maximum absolute atomic E-state index is 12.8. The molecule has 0 spiro atoms. The molecule has 1 amide bonds. The fourth-order valence-corrected chi connectivity index (χ4v) is 4.07. The Bertz CT molecular complexity index is 668. The highest BCUT2D eigenvalue weighted by Crippen LogP contribution is 2.23. The van der Waals surface area contributed by atoms with E-state index in [0.717, 1.165) is 51.7 Å². The number of likely N-dealkylation sites (tertiary alicyclic amines) is 2. The molecule has 2 saturated heterocycles. The first-order valence-corrected chi connectivity index (χ1v) is 9.88. The highest BCUT2D eigenvalue weighted by molar-refractivity contribution is 5.97. The van der Waals surface area contributed by atoms with Gasteiger partial charge in [0, 0.05) is 31.9 Å². The Hall–Kier alpha value is -2.28. The molecule has 4 heteroatoms. The van der Waals surface area contributed by atoms with Gasteiger partial charge in [0.05, 0.1) is 0 Å². The van der Waals surface area contributed by atoms with E-state index in [0.29, 0.717) is 17.5 Å². The van der Waals surface area contributed by atoms with Crippen LogP contribution in [0.2, 0.25) is 0 Å². The number of amides is 1. The average Bonchev–Trinajstić information content (AvgIpc) is 2.68. The van der Waals surface area contributed by atoms with Gasteiger partial charge in [-0.25, -0.2) is 0 Å². The van der Waals surface area contributed by atoms with Crippen molar-refractivity contribution in [2.24, 2.45) is 5.92 Å².